The molecule has 0 bridgehead atoms. The number of hydrogen-bond acceptors (Lipinski definition) is 3. The van der Waals surface area contributed by atoms with Gasteiger partial charge in [0.2, 0.25) is 0 Å². The maximum atomic E-state index is 12.6. The molecule has 0 heterocycles. The van der Waals surface area contributed by atoms with Crippen molar-refractivity contribution in [1.29, 1.82) is 5.26 Å². The van der Waals surface area contributed by atoms with E-state index in [4.69, 9.17) is 4.74 Å². The molecule has 0 saturated carbocycles. The molecule has 168 valence electrons. The number of nitrogens with one attached hydrogen (secondary N) is 1. The second-order valence-electron chi connectivity index (χ2n) is 7.94. The monoisotopic (exact) mass is 558 g/mol. The van der Waals surface area contributed by atoms with Gasteiger partial charge >= 0.3 is 0 Å². The Balaban J connectivity index is 1.43. The molecule has 0 radical (unpaired) electrons. The van der Waals surface area contributed by atoms with Crippen LogP contribution in [0.4, 0.5) is 0 Å². The molecule has 0 saturated heterocycles. The molecule has 1 N–H and O–H groups in total. The molecule has 1 amide bonds. The predicted molar refractivity (Wildman–Crippen MR) is 144 cm³/mol. The molecule has 1 atom stereocenters. The Morgan fingerprint density at radius 2 is 1.74 bits per heavy atom. The summed E-state index contributed by atoms with van der Waals surface area (Å²) in [6.07, 6.45) is 1.60. The highest BCUT2D eigenvalue weighted by Gasteiger charge is 2.14. The molecular weight excluding hydrogens is 535 g/mol. The second-order valence-corrected chi connectivity index (χ2v) is 9.10. The van der Waals surface area contributed by atoms with Crippen LogP contribution in [-0.4, -0.2) is 5.91 Å². The van der Waals surface area contributed by atoms with E-state index in [1.165, 1.54) is 10.8 Å². The zero-order valence-electron chi connectivity index (χ0n) is 18.7. The average Bonchev–Trinajstić information content (AvgIpc) is 2.87. The number of nitrogens with zero attached hydrogens (tertiary/aromatic N) is 1. The van der Waals surface area contributed by atoms with Crippen LogP contribution in [0.3, 0.4) is 0 Å². The molecule has 4 aromatic carbocycles. The van der Waals surface area contributed by atoms with E-state index < -0.39 is 5.91 Å². The van der Waals surface area contributed by atoms with E-state index >= 15 is 0 Å². The fraction of sp³-hybridized carbons (Fsp3) is 0.103. The number of carbonyl (C=O) groups is 1. The van der Waals surface area contributed by atoms with Crippen LogP contribution in [0.25, 0.3) is 16.8 Å². The lowest BCUT2D eigenvalue weighted by atomic mass is 10.1. The first-order valence-corrected chi connectivity index (χ1v) is 12.0. The SMILES string of the molecule is C[C@@H](NC(=O)/C(C#N)=C\c1ccc(OCc2ccc3ccccc3c2)c(I)c1)c1ccccc1. The van der Waals surface area contributed by atoms with Crippen LogP contribution in [0.15, 0.2) is 96.6 Å². The van der Waals surface area contributed by atoms with Crippen molar-refractivity contribution in [2.75, 3.05) is 0 Å². The molecule has 0 aromatic heterocycles. The molecule has 0 aliphatic carbocycles. The number of halogens is 1. The third-order valence-electron chi connectivity index (χ3n) is 5.49. The normalized spacial score (nSPS) is 12.1. The van der Waals surface area contributed by atoms with Crippen molar-refractivity contribution < 1.29 is 9.53 Å². The summed E-state index contributed by atoms with van der Waals surface area (Å²) in [5.41, 5.74) is 2.90. The minimum Gasteiger partial charge on any atom is -0.488 e. The van der Waals surface area contributed by atoms with Gasteiger partial charge in [-0.1, -0.05) is 72.8 Å². The van der Waals surface area contributed by atoms with Crippen molar-refractivity contribution in [3.8, 4) is 11.8 Å². The molecule has 4 rings (SSSR count). The van der Waals surface area contributed by atoms with Crippen molar-refractivity contribution in [2.45, 2.75) is 19.6 Å². The lowest BCUT2D eigenvalue weighted by Gasteiger charge is -2.14. The van der Waals surface area contributed by atoms with Gasteiger partial charge in [0.05, 0.1) is 9.61 Å². The van der Waals surface area contributed by atoms with Crippen molar-refractivity contribution in [2.24, 2.45) is 0 Å². The zero-order valence-corrected chi connectivity index (χ0v) is 20.8. The molecule has 0 aliphatic rings. The Morgan fingerprint density at radius 3 is 2.47 bits per heavy atom. The fourth-order valence-electron chi connectivity index (χ4n) is 3.63. The number of rotatable bonds is 7. The summed E-state index contributed by atoms with van der Waals surface area (Å²) in [7, 11) is 0. The predicted octanol–water partition coefficient (Wildman–Crippen LogP) is 6.81. The van der Waals surface area contributed by atoms with E-state index in [0.717, 1.165) is 26.0 Å². The van der Waals surface area contributed by atoms with Gasteiger partial charge in [-0.2, -0.15) is 5.26 Å². The number of benzene rings is 4. The minimum absolute atomic E-state index is 0.0587. The Labute approximate surface area is 213 Å². The summed E-state index contributed by atoms with van der Waals surface area (Å²) in [4.78, 5) is 12.6. The number of carbonyl (C=O) groups excluding carboxylic acids is 1. The van der Waals surface area contributed by atoms with Crippen LogP contribution < -0.4 is 10.1 Å². The van der Waals surface area contributed by atoms with Crippen LogP contribution in [0, 0.1) is 14.9 Å². The summed E-state index contributed by atoms with van der Waals surface area (Å²) >= 11 is 2.21. The van der Waals surface area contributed by atoms with Gasteiger partial charge in [-0.3, -0.25) is 4.79 Å². The highest BCUT2D eigenvalue weighted by molar-refractivity contribution is 14.1. The van der Waals surface area contributed by atoms with Crippen molar-refractivity contribution in [3.05, 3.63) is 117 Å². The Morgan fingerprint density at radius 1 is 1.00 bits per heavy atom. The molecule has 0 fully saturated rings. The van der Waals surface area contributed by atoms with Crippen LogP contribution in [0.5, 0.6) is 5.75 Å². The molecule has 34 heavy (non-hydrogen) atoms. The van der Waals surface area contributed by atoms with E-state index in [1.807, 2.05) is 73.7 Å². The van der Waals surface area contributed by atoms with Gasteiger partial charge in [-0.15, -0.1) is 0 Å². The van der Waals surface area contributed by atoms with Crippen LogP contribution in [0.1, 0.15) is 29.7 Å². The molecule has 5 heteroatoms. The summed E-state index contributed by atoms with van der Waals surface area (Å²) in [6.45, 7) is 2.35. The quantitative estimate of drug-likeness (QED) is 0.154. The number of fused-ring (bicyclic) bond motifs is 1. The zero-order chi connectivity index (χ0) is 23.9. The highest BCUT2D eigenvalue weighted by Crippen LogP contribution is 2.25. The Kier molecular flexibility index (Phi) is 7.61. The van der Waals surface area contributed by atoms with Crippen LogP contribution in [0.2, 0.25) is 0 Å². The molecule has 0 aliphatic heterocycles. The van der Waals surface area contributed by atoms with Gasteiger partial charge in [-0.05, 0) is 81.3 Å². The second kappa shape index (κ2) is 11.0. The Hall–Kier alpha value is -3.63. The summed E-state index contributed by atoms with van der Waals surface area (Å²) in [5, 5.41) is 14.8. The van der Waals surface area contributed by atoms with E-state index in [0.29, 0.717) is 6.61 Å². The average molecular weight is 558 g/mol. The smallest absolute Gasteiger partial charge is 0.262 e. The maximum Gasteiger partial charge on any atom is 0.262 e. The van der Waals surface area contributed by atoms with E-state index in [9.17, 15) is 10.1 Å². The largest absolute Gasteiger partial charge is 0.488 e. The molecule has 0 unspecified atom stereocenters. The summed E-state index contributed by atoms with van der Waals surface area (Å²) < 4.78 is 6.94. The fourth-order valence-corrected chi connectivity index (χ4v) is 4.32. The van der Waals surface area contributed by atoms with Gasteiger partial charge in [0.25, 0.3) is 5.91 Å². The summed E-state index contributed by atoms with van der Waals surface area (Å²) in [5.74, 6) is 0.358. The van der Waals surface area contributed by atoms with Gasteiger partial charge in [0, 0.05) is 0 Å². The number of nitriles is 1. The lowest BCUT2D eigenvalue weighted by Crippen LogP contribution is -2.27. The molecule has 0 spiro atoms. The molecule has 4 nitrogen and oxygen atoms in total. The highest BCUT2D eigenvalue weighted by atomic mass is 127. The van der Waals surface area contributed by atoms with E-state index in [2.05, 4.69) is 58.2 Å². The molecule has 4 aromatic rings. The van der Waals surface area contributed by atoms with Crippen LogP contribution in [-0.2, 0) is 11.4 Å². The third-order valence-corrected chi connectivity index (χ3v) is 6.33. The number of hydrogen-bond donors (Lipinski definition) is 1. The lowest BCUT2D eigenvalue weighted by molar-refractivity contribution is -0.117. The Bertz CT molecular complexity index is 1390. The van der Waals surface area contributed by atoms with Gasteiger partial charge in [0.1, 0.15) is 24.0 Å². The third kappa shape index (κ3) is 5.83. The van der Waals surface area contributed by atoms with Crippen molar-refractivity contribution in [3.63, 3.8) is 0 Å². The van der Waals surface area contributed by atoms with Gasteiger partial charge in [0.15, 0.2) is 0 Å². The number of ether oxygens (including phenoxy) is 1. The number of amides is 1. The first kappa shape index (κ1) is 23.5. The van der Waals surface area contributed by atoms with E-state index in [-0.39, 0.29) is 11.6 Å². The van der Waals surface area contributed by atoms with Crippen LogP contribution >= 0.6 is 22.6 Å². The summed E-state index contributed by atoms with van der Waals surface area (Å²) in [6, 6.07) is 31.6. The van der Waals surface area contributed by atoms with Crippen molar-refractivity contribution in [1.82, 2.24) is 5.32 Å². The first-order chi connectivity index (χ1) is 16.5. The topological polar surface area (TPSA) is 62.1 Å². The molecular formula is C29H23IN2O2. The first-order valence-electron chi connectivity index (χ1n) is 10.9. The van der Waals surface area contributed by atoms with Crippen molar-refractivity contribution >= 4 is 45.3 Å². The van der Waals surface area contributed by atoms with Gasteiger partial charge in [-0.25, -0.2) is 0 Å². The minimum atomic E-state index is -0.398. The maximum absolute atomic E-state index is 12.6. The van der Waals surface area contributed by atoms with E-state index in [1.54, 1.807) is 6.08 Å². The van der Waals surface area contributed by atoms with Gasteiger partial charge < -0.3 is 10.1 Å². The standard InChI is InChI=1S/C29H23IN2O2/c1-20(23-7-3-2-4-8-23)32-29(33)26(18-31)15-21-12-14-28(27(30)17-21)34-19-22-11-13-24-9-5-6-10-25(24)16-22/h2-17,20H,19H2,1H3,(H,32,33)/b26-15-/t20-/m1/s1.